The molecule has 2 aromatic carbocycles. The van der Waals surface area contributed by atoms with E-state index in [1.807, 2.05) is 30.3 Å². The van der Waals surface area contributed by atoms with Crippen molar-refractivity contribution in [3.05, 3.63) is 63.3 Å². The number of rotatable bonds is 6. The molecule has 8 nitrogen and oxygen atoms in total. The van der Waals surface area contributed by atoms with E-state index >= 15 is 0 Å². The number of likely N-dealkylation sites (tertiary alicyclic amines) is 1. The van der Waals surface area contributed by atoms with Crippen molar-refractivity contribution in [3.8, 4) is 5.75 Å². The molecule has 0 unspecified atom stereocenters. The Morgan fingerprint density at radius 2 is 2.13 bits per heavy atom. The number of hydrogen-bond acceptors (Lipinski definition) is 7. The lowest BCUT2D eigenvalue weighted by molar-refractivity contribution is -0.133. The van der Waals surface area contributed by atoms with Crippen molar-refractivity contribution in [3.63, 3.8) is 0 Å². The third-order valence-electron chi connectivity index (χ3n) is 4.86. The fraction of sp³-hybridized carbons (Fsp3) is 0.238. The maximum absolute atomic E-state index is 12.2. The Bertz CT molecular complexity index is 1170. The van der Waals surface area contributed by atoms with Crippen LogP contribution in [0.3, 0.4) is 0 Å². The third kappa shape index (κ3) is 4.25. The number of nitrogens with one attached hydrogen (secondary N) is 1. The van der Waals surface area contributed by atoms with Crippen LogP contribution in [0.1, 0.15) is 23.5 Å². The molecular weight excluding hydrogens is 406 g/mol. The largest absolute Gasteiger partial charge is 0.493 e. The van der Waals surface area contributed by atoms with Crippen LogP contribution >= 0.6 is 11.3 Å². The molecule has 1 N–H and O–H groups in total. The van der Waals surface area contributed by atoms with E-state index in [1.54, 1.807) is 17.0 Å². The first-order valence-corrected chi connectivity index (χ1v) is 10.1. The molecule has 0 bridgehead atoms. The summed E-state index contributed by atoms with van der Waals surface area (Å²) in [6.45, 7) is 0.457. The van der Waals surface area contributed by atoms with Crippen LogP contribution < -0.4 is 15.1 Å². The van der Waals surface area contributed by atoms with E-state index in [2.05, 4.69) is 10.5 Å². The smallest absolute Gasteiger partial charge is 0.396 e. The van der Waals surface area contributed by atoms with Crippen LogP contribution in [-0.2, 0) is 9.59 Å². The molecule has 0 spiro atoms. The van der Waals surface area contributed by atoms with Gasteiger partial charge in [-0.1, -0.05) is 41.7 Å². The van der Waals surface area contributed by atoms with Crippen molar-refractivity contribution in [2.24, 2.45) is 5.10 Å². The van der Waals surface area contributed by atoms with Crippen LogP contribution in [0, 0.1) is 0 Å². The van der Waals surface area contributed by atoms with Gasteiger partial charge in [0.05, 0.1) is 18.0 Å². The number of carbonyl (C=O) groups is 2. The maximum Gasteiger partial charge on any atom is 0.396 e. The topological polar surface area (TPSA) is 101 Å². The molecule has 1 saturated heterocycles. The summed E-state index contributed by atoms with van der Waals surface area (Å²) < 4.78 is 11.0. The van der Waals surface area contributed by atoms with Gasteiger partial charge in [0.15, 0.2) is 11.3 Å². The van der Waals surface area contributed by atoms with Gasteiger partial charge >= 0.3 is 4.94 Å². The second-order valence-corrected chi connectivity index (χ2v) is 7.86. The van der Waals surface area contributed by atoms with Gasteiger partial charge in [-0.3, -0.25) is 9.59 Å². The molecule has 0 saturated carbocycles. The first-order valence-electron chi connectivity index (χ1n) is 9.30. The zero-order valence-electron chi connectivity index (χ0n) is 16.2. The quantitative estimate of drug-likeness (QED) is 0.483. The average molecular weight is 425 g/mol. The molecule has 30 heavy (non-hydrogen) atoms. The minimum absolute atomic E-state index is 0.0481. The molecule has 9 heteroatoms. The summed E-state index contributed by atoms with van der Waals surface area (Å²) in [6.07, 6.45) is 1.84. The highest BCUT2D eigenvalue weighted by molar-refractivity contribution is 7.16. The number of benzene rings is 2. The van der Waals surface area contributed by atoms with Crippen LogP contribution in [0.4, 0.5) is 0 Å². The van der Waals surface area contributed by atoms with Crippen LogP contribution in [0.5, 0.6) is 5.75 Å². The summed E-state index contributed by atoms with van der Waals surface area (Å²) in [5, 5.41) is 3.95. The Morgan fingerprint density at radius 3 is 2.90 bits per heavy atom. The Balaban J connectivity index is 1.37. The van der Waals surface area contributed by atoms with Crippen molar-refractivity contribution in [1.82, 2.24) is 10.3 Å². The Hall–Kier alpha value is -3.46. The second-order valence-electron chi connectivity index (χ2n) is 6.88. The van der Waals surface area contributed by atoms with E-state index in [-0.39, 0.29) is 24.3 Å². The predicted octanol–water partition coefficient (Wildman–Crippen LogP) is 2.33. The molecular formula is C21H19N3O5S. The van der Waals surface area contributed by atoms with E-state index in [0.717, 1.165) is 16.9 Å². The van der Waals surface area contributed by atoms with Gasteiger partial charge < -0.3 is 14.1 Å². The number of amides is 2. The Morgan fingerprint density at radius 1 is 1.33 bits per heavy atom. The van der Waals surface area contributed by atoms with Crippen LogP contribution in [-0.4, -0.2) is 43.1 Å². The molecule has 2 heterocycles. The van der Waals surface area contributed by atoms with Crippen LogP contribution in [0.15, 0.2) is 56.8 Å². The van der Waals surface area contributed by atoms with E-state index in [0.29, 0.717) is 34.6 Å². The molecule has 1 fully saturated rings. The minimum Gasteiger partial charge on any atom is -0.493 e. The lowest BCUT2D eigenvalue weighted by Crippen LogP contribution is -2.36. The second kappa shape index (κ2) is 8.50. The molecule has 1 aromatic heterocycles. The molecule has 4 rings (SSSR count). The first-order chi connectivity index (χ1) is 14.5. The van der Waals surface area contributed by atoms with Gasteiger partial charge in [0.1, 0.15) is 6.54 Å². The van der Waals surface area contributed by atoms with Crippen molar-refractivity contribution < 1.29 is 18.7 Å². The van der Waals surface area contributed by atoms with Crippen LogP contribution in [0.2, 0.25) is 0 Å². The lowest BCUT2D eigenvalue weighted by Gasteiger charge is -2.15. The molecule has 0 aliphatic carbocycles. The molecule has 2 amide bonds. The standard InChI is InChI=1S/C21H19N3O5S/c1-28-16-7-13(8-17-20(16)29-21(27)30-17)10-22-23-18(25)12-24-11-15(9-19(24)26)14-5-3-2-4-6-14/h2-8,10,15H,9,11-12H2,1H3,(H,23,25)/b22-10-/t15-/m0/s1. The van der Waals surface area contributed by atoms with Crippen molar-refractivity contribution in [2.75, 3.05) is 20.2 Å². The predicted molar refractivity (Wildman–Crippen MR) is 113 cm³/mol. The zero-order valence-corrected chi connectivity index (χ0v) is 17.0. The van der Waals surface area contributed by atoms with Gasteiger partial charge in [0.2, 0.25) is 5.91 Å². The summed E-state index contributed by atoms with van der Waals surface area (Å²) in [5.74, 6) is 0.0758. The van der Waals surface area contributed by atoms with E-state index in [9.17, 15) is 14.4 Å². The number of nitrogens with zero attached hydrogens (tertiary/aromatic N) is 2. The fourth-order valence-electron chi connectivity index (χ4n) is 3.45. The van der Waals surface area contributed by atoms with Gasteiger partial charge in [0, 0.05) is 18.9 Å². The lowest BCUT2D eigenvalue weighted by atomic mass is 9.99. The van der Waals surface area contributed by atoms with Gasteiger partial charge in [-0.2, -0.15) is 5.10 Å². The van der Waals surface area contributed by atoms with Gasteiger partial charge in [-0.15, -0.1) is 0 Å². The average Bonchev–Trinajstić information content (AvgIpc) is 3.29. The van der Waals surface area contributed by atoms with Gasteiger partial charge in [-0.25, -0.2) is 10.2 Å². The minimum atomic E-state index is -0.422. The SMILES string of the molecule is COc1cc(/C=N\NC(=O)CN2C[C@@H](c3ccccc3)CC2=O)cc2sc(=O)oc12. The highest BCUT2D eigenvalue weighted by Crippen LogP contribution is 2.29. The molecule has 3 aromatic rings. The van der Waals surface area contributed by atoms with Crippen molar-refractivity contribution in [1.29, 1.82) is 0 Å². The summed E-state index contributed by atoms with van der Waals surface area (Å²) in [4.78, 5) is 37.0. The van der Waals surface area contributed by atoms with Crippen LogP contribution in [0.25, 0.3) is 10.3 Å². The van der Waals surface area contributed by atoms with Gasteiger partial charge in [-0.05, 0) is 23.3 Å². The normalized spacial score (nSPS) is 16.5. The number of methoxy groups -OCH3 is 1. The molecule has 154 valence electrons. The zero-order chi connectivity index (χ0) is 21.1. The summed E-state index contributed by atoms with van der Waals surface area (Å²) in [5.41, 5.74) is 4.55. The third-order valence-corrected chi connectivity index (χ3v) is 5.64. The van der Waals surface area contributed by atoms with E-state index in [1.165, 1.54) is 13.3 Å². The maximum atomic E-state index is 12.2. The summed E-state index contributed by atoms with van der Waals surface area (Å²) in [7, 11) is 1.48. The fourth-order valence-corrected chi connectivity index (χ4v) is 4.19. The molecule has 0 radical (unpaired) electrons. The number of hydrogen-bond donors (Lipinski definition) is 1. The molecule has 1 aliphatic heterocycles. The summed E-state index contributed by atoms with van der Waals surface area (Å²) >= 11 is 0.960. The van der Waals surface area contributed by atoms with Gasteiger partial charge in [0.25, 0.3) is 5.91 Å². The van der Waals surface area contributed by atoms with Crippen molar-refractivity contribution >= 4 is 39.6 Å². The number of carbonyl (C=O) groups excluding carboxylic acids is 2. The monoisotopic (exact) mass is 425 g/mol. The van der Waals surface area contributed by atoms with Crippen molar-refractivity contribution in [2.45, 2.75) is 12.3 Å². The number of fused-ring (bicyclic) bond motifs is 1. The highest BCUT2D eigenvalue weighted by Gasteiger charge is 2.31. The number of hydrazone groups is 1. The Labute approximate surface area is 175 Å². The highest BCUT2D eigenvalue weighted by atomic mass is 32.1. The first kappa shape index (κ1) is 19.8. The van der Waals surface area contributed by atoms with E-state index in [4.69, 9.17) is 9.15 Å². The molecule has 1 aliphatic rings. The molecule has 1 atom stereocenters. The number of ether oxygens (including phenoxy) is 1. The van der Waals surface area contributed by atoms with E-state index < -0.39 is 4.94 Å². The Kier molecular flexibility index (Phi) is 5.62. The summed E-state index contributed by atoms with van der Waals surface area (Å²) in [6, 6.07) is 13.2.